The molecule has 2 atom stereocenters. The standard InChI is InChI=1S/C16H12ClNO2/c17-9-5-6-14-11(7-9)12-8-18-16(19)15(12)10-3-1-2-4-13(10)20-14/h1-7,12,15H,8H2,(H,18,19)/t12-,15-/m1/s1. The Bertz CT molecular complexity index is 713. The second-order valence-corrected chi connectivity index (χ2v) is 5.59. The van der Waals surface area contributed by atoms with Crippen LogP contribution in [0.15, 0.2) is 42.5 Å². The number of amides is 1. The van der Waals surface area contributed by atoms with E-state index in [4.69, 9.17) is 16.3 Å². The lowest BCUT2D eigenvalue weighted by atomic mass is 9.84. The Labute approximate surface area is 121 Å². The molecule has 0 saturated carbocycles. The van der Waals surface area contributed by atoms with Crippen molar-refractivity contribution < 1.29 is 9.53 Å². The summed E-state index contributed by atoms with van der Waals surface area (Å²) < 4.78 is 6.00. The molecular formula is C16H12ClNO2. The van der Waals surface area contributed by atoms with Gasteiger partial charge in [-0.2, -0.15) is 0 Å². The zero-order valence-electron chi connectivity index (χ0n) is 10.6. The minimum Gasteiger partial charge on any atom is -0.457 e. The number of carbonyl (C=O) groups is 1. The smallest absolute Gasteiger partial charge is 0.228 e. The van der Waals surface area contributed by atoms with Crippen LogP contribution >= 0.6 is 11.6 Å². The predicted molar refractivity (Wildman–Crippen MR) is 76.5 cm³/mol. The van der Waals surface area contributed by atoms with Crippen molar-refractivity contribution in [3.63, 3.8) is 0 Å². The van der Waals surface area contributed by atoms with Crippen molar-refractivity contribution in [2.75, 3.05) is 6.54 Å². The number of para-hydroxylation sites is 1. The summed E-state index contributed by atoms with van der Waals surface area (Å²) in [6, 6.07) is 13.3. The predicted octanol–water partition coefficient (Wildman–Crippen LogP) is 3.44. The van der Waals surface area contributed by atoms with Crippen molar-refractivity contribution in [3.05, 3.63) is 58.6 Å². The second kappa shape index (κ2) is 4.25. The Hall–Kier alpha value is -2.00. The molecule has 100 valence electrons. The van der Waals surface area contributed by atoms with E-state index in [1.807, 2.05) is 42.5 Å². The Morgan fingerprint density at radius 1 is 1.10 bits per heavy atom. The first-order valence-corrected chi connectivity index (χ1v) is 6.96. The Morgan fingerprint density at radius 3 is 2.80 bits per heavy atom. The fraction of sp³-hybridized carbons (Fsp3) is 0.188. The second-order valence-electron chi connectivity index (χ2n) is 5.15. The van der Waals surface area contributed by atoms with Crippen molar-refractivity contribution in [2.45, 2.75) is 11.8 Å². The summed E-state index contributed by atoms with van der Waals surface area (Å²) in [6.07, 6.45) is 0. The summed E-state index contributed by atoms with van der Waals surface area (Å²) in [7, 11) is 0. The number of carbonyl (C=O) groups excluding carboxylic acids is 1. The number of ether oxygens (including phenoxy) is 1. The van der Waals surface area contributed by atoms with Crippen molar-refractivity contribution in [1.82, 2.24) is 5.32 Å². The zero-order chi connectivity index (χ0) is 13.7. The van der Waals surface area contributed by atoms with Gasteiger partial charge >= 0.3 is 0 Å². The molecule has 20 heavy (non-hydrogen) atoms. The fourth-order valence-corrected chi connectivity index (χ4v) is 3.30. The summed E-state index contributed by atoms with van der Waals surface area (Å²) in [5.41, 5.74) is 1.94. The molecule has 1 amide bonds. The van der Waals surface area contributed by atoms with Crippen LogP contribution in [0.2, 0.25) is 5.02 Å². The van der Waals surface area contributed by atoms with Crippen LogP contribution in [-0.4, -0.2) is 12.5 Å². The van der Waals surface area contributed by atoms with Crippen LogP contribution in [0.25, 0.3) is 0 Å². The molecule has 0 unspecified atom stereocenters. The number of halogens is 1. The van der Waals surface area contributed by atoms with E-state index in [0.29, 0.717) is 11.6 Å². The molecule has 0 aliphatic carbocycles. The SMILES string of the molecule is O=C1NC[C@@H]2c3cc(Cl)ccc3Oc3ccccc3[C@@H]12. The van der Waals surface area contributed by atoms with Gasteiger partial charge in [0.15, 0.2) is 0 Å². The van der Waals surface area contributed by atoms with Gasteiger partial charge in [0.2, 0.25) is 5.91 Å². The molecule has 4 heteroatoms. The molecule has 2 aromatic rings. The number of hydrogen-bond donors (Lipinski definition) is 1. The number of nitrogens with one attached hydrogen (secondary N) is 1. The van der Waals surface area contributed by atoms with Gasteiger partial charge in [-0.3, -0.25) is 4.79 Å². The minimum absolute atomic E-state index is 0.0545. The number of benzene rings is 2. The molecule has 0 radical (unpaired) electrons. The average molecular weight is 286 g/mol. The Balaban J connectivity index is 1.98. The summed E-state index contributed by atoms with van der Waals surface area (Å²) >= 11 is 6.11. The van der Waals surface area contributed by atoms with Gasteiger partial charge in [-0.05, 0) is 24.3 Å². The number of rotatable bonds is 0. The van der Waals surface area contributed by atoms with Crippen LogP contribution in [0, 0.1) is 0 Å². The quantitative estimate of drug-likeness (QED) is 0.805. The van der Waals surface area contributed by atoms with Gasteiger partial charge in [0.25, 0.3) is 0 Å². The Morgan fingerprint density at radius 2 is 1.90 bits per heavy atom. The summed E-state index contributed by atoms with van der Waals surface area (Å²) in [5, 5.41) is 3.62. The normalized spacial score (nSPS) is 22.9. The molecular weight excluding hydrogens is 274 g/mol. The van der Waals surface area contributed by atoms with Crippen LogP contribution in [-0.2, 0) is 4.79 Å². The summed E-state index contributed by atoms with van der Waals surface area (Å²) in [4.78, 5) is 12.2. The van der Waals surface area contributed by atoms with Gasteiger partial charge in [-0.1, -0.05) is 29.8 Å². The molecule has 1 fully saturated rings. The van der Waals surface area contributed by atoms with Crippen LogP contribution in [0.5, 0.6) is 11.5 Å². The van der Waals surface area contributed by atoms with Gasteiger partial charge in [-0.15, -0.1) is 0 Å². The maximum atomic E-state index is 12.2. The van der Waals surface area contributed by atoms with E-state index in [0.717, 1.165) is 22.6 Å². The van der Waals surface area contributed by atoms with Crippen LogP contribution < -0.4 is 10.1 Å². The molecule has 3 nitrogen and oxygen atoms in total. The van der Waals surface area contributed by atoms with E-state index in [9.17, 15) is 4.79 Å². The number of fused-ring (bicyclic) bond motifs is 5. The molecule has 1 N–H and O–H groups in total. The first kappa shape index (κ1) is 11.8. The molecule has 2 aromatic carbocycles. The van der Waals surface area contributed by atoms with Crippen molar-refractivity contribution in [2.24, 2.45) is 0 Å². The minimum atomic E-state index is -0.203. The summed E-state index contributed by atoms with van der Waals surface area (Å²) in [5.74, 6) is 1.45. The van der Waals surface area contributed by atoms with Gasteiger partial charge in [0.1, 0.15) is 11.5 Å². The van der Waals surface area contributed by atoms with Crippen LogP contribution in [0.4, 0.5) is 0 Å². The van der Waals surface area contributed by atoms with Crippen molar-refractivity contribution in [1.29, 1.82) is 0 Å². The van der Waals surface area contributed by atoms with E-state index in [1.54, 1.807) is 0 Å². The lowest BCUT2D eigenvalue weighted by Gasteiger charge is -2.15. The van der Waals surface area contributed by atoms with Crippen LogP contribution in [0.3, 0.4) is 0 Å². The van der Waals surface area contributed by atoms with Crippen LogP contribution in [0.1, 0.15) is 23.0 Å². The Kier molecular flexibility index (Phi) is 2.51. The molecule has 0 bridgehead atoms. The number of hydrogen-bond acceptors (Lipinski definition) is 2. The largest absolute Gasteiger partial charge is 0.457 e. The molecule has 4 rings (SSSR count). The molecule has 1 saturated heterocycles. The highest BCUT2D eigenvalue weighted by Crippen LogP contribution is 2.48. The lowest BCUT2D eigenvalue weighted by Crippen LogP contribution is -2.18. The van der Waals surface area contributed by atoms with E-state index >= 15 is 0 Å². The van der Waals surface area contributed by atoms with E-state index < -0.39 is 0 Å². The van der Waals surface area contributed by atoms with Gasteiger partial charge in [-0.25, -0.2) is 0 Å². The third kappa shape index (κ3) is 1.63. The van der Waals surface area contributed by atoms with Gasteiger partial charge in [0.05, 0.1) is 5.92 Å². The average Bonchev–Trinajstić information content (AvgIpc) is 2.76. The van der Waals surface area contributed by atoms with E-state index in [2.05, 4.69) is 5.32 Å². The fourth-order valence-electron chi connectivity index (χ4n) is 3.12. The highest BCUT2D eigenvalue weighted by molar-refractivity contribution is 6.30. The van der Waals surface area contributed by atoms with E-state index in [-0.39, 0.29) is 17.7 Å². The topological polar surface area (TPSA) is 38.3 Å². The van der Waals surface area contributed by atoms with Gasteiger partial charge < -0.3 is 10.1 Å². The third-order valence-electron chi connectivity index (χ3n) is 4.03. The maximum Gasteiger partial charge on any atom is 0.228 e. The first-order valence-electron chi connectivity index (χ1n) is 6.58. The monoisotopic (exact) mass is 285 g/mol. The highest BCUT2D eigenvalue weighted by Gasteiger charge is 2.41. The first-order chi connectivity index (χ1) is 9.74. The van der Waals surface area contributed by atoms with Crippen molar-refractivity contribution in [3.8, 4) is 11.5 Å². The summed E-state index contributed by atoms with van der Waals surface area (Å²) in [6.45, 7) is 0.620. The molecule has 0 aromatic heterocycles. The lowest BCUT2D eigenvalue weighted by molar-refractivity contribution is -0.120. The van der Waals surface area contributed by atoms with Gasteiger partial charge in [0, 0.05) is 28.6 Å². The van der Waals surface area contributed by atoms with E-state index in [1.165, 1.54) is 0 Å². The zero-order valence-corrected chi connectivity index (χ0v) is 11.4. The molecule has 2 aliphatic heterocycles. The maximum absolute atomic E-state index is 12.2. The van der Waals surface area contributed by atoms with Crippen molar-refractivity contribution >= 4 is 17.5 Å². The highest BCUT2D eigenvalue weighted by atomic mass is 35.5. The molecule has 2 aliphatic rings. The molecule has 0 spiro atoms. The molecule has 2 heterocycles. The third-order valence-corrected chi connectivity index (χ3v) is 4.26.